The summed E-state index contributed by atoms with van der Waals surface area (Å²) in [5.41, 5.74) is 0. The second-order valence-electron chi connectivity index (χ2n) is 0.279. The Bertz CT molecular complexity index is 113. The Balaban J connectivity index is -0.0000000575. The molecule has 6 nitrogen and oxygen atoms in total. The van der Waals surface area contributed by atoms with Gasteiger partial charge in [0.2, 0.25) is 0 Å². The number of hydrogen-bond donors (Lipinski definition) is 1. The van der Waals surface area contributed by atoms with Gasteiger partial charge < -0.3 is 11.0 Å². The molecule has 0 aliphatic carbocycles. The summed E-state index contributed by atoms with van der Waals surface area (Å²) in [6.07, 6.45) is 0. The van der Waals surface area contributed by atoms with Gasteiger partial charge in [0.25, 0.3) is 0 Å². The summed E-state index contributed by atoms with van der Waals surface area (Å²) in [7, 11) is -1.08. The third-order valence-electron chi connectivity index (χ3n) is 0. The Hall–Kier alpha value is 0.108. The molecule has 0 spiro atoms. The van der Waals surface area contributed by atoms with Gasteiger partial charge in [-0.05, 0) is 0 Å². The standard InChI is InChI=1S/Mo.H3N.HO2P.3O/c;;1-3-2;;;/h;1H3;(H,1,2);;;. The zero-order valence-electron chi connectivity index (χ0n) is 3.90. The zero-order valence-corrected chi connectivity index (χ0v) is 6.80. The molecule has 0 fully saturated rings. The van der Waals surface area contributed by atoms with Crippen molar-refractivity contribution in [1.82, 2.24) is 6.15 Å². The molecular weight excluding hydrogens is 221 g/mol. The summed E-state index contributed by atoms with van der Waals surface area (Å²) in [5, 5.41) is 0. The molecule has 0 aromatic rings. The van der Waals surface area contributed by atoms with E-state index in [0.717, 1.165) is 0 Å². The second-order valence-corrected chi connectivity index (χ2v) is 1.43. The third kappa shape index (κ3) is 13600. The van der Waals surface area contributed by atoms with E-state index in [1.54, 1.807) is 0 Å². The van der Waals surface area contributed by atoms with Crippen molar-refractivity contribution in [3.63, 3.8) is 0 Å². The zero-order chi connectivity index (χ0) is 6.28. The first-order chi connectivity index (χ1) is 3.15. The van der Waals surface area contributed by atoms with E-state index in [9.17, 15) is 0 Å². The minimum absolute atomic E-state index is 0. The molecule has 0 unspecified atom stereocenters. The first kappa shape index (κ1) is 15.7. The maximum atomic E-state index is 8.59. The predicted octanol–water partition coefficient (Wildman–Crippen LogP) is -0.429. The van der Waals surface area contributed by atoms with Crippen molar-refractivity contribution in [2.75, 3.05) is 0 Å². The van der Waals surface area contributed by atoms with Crippen LogP contribution in [0, 0.1) is 0 Å². The third-order valence-corrected chi connectivity index (χ3v) is 0. The molecule has 0 aliphatic rings. The molecule has 0 aromatic carbocycles. The van der Waals surface area contributed by atoms with Gasteiger partial charge in [0, 0.05) is 0 Å². The van der Waals surface area contributed by atoms with E-state index in [1.165, 1.54) is 0 Å². The Morgan fingerprint density at radius 3 is 1.25 bits per heavy atom. The molecule has 0 aliphatic heterocycles. The van der Waals surface area contributed by atoms with Crippen molar-refractivity contribution in [2.24, 2.45) is 0 Å². The summed E-state index contributed by atoms with van der Waals surface area (Å²) >= 11 is -4.11. The van der Waals surface area contributed by atoms with Crippen molar-refractivity contribution in [1.29, 1.82) is 0 Å². The van der Waals surface area contributed by atoms with Crippen LogP contribution in [0.4, 0.5) is 0 Å². The molecule has 4 N–H and O–H groups in total. The summed E-state index contributed by atoms with van der Waals surface area (Å²) in [6.45, 7) is 0. The number of hydrogen-bond acceptors (Lipinski definition) is 5. The van der Waals surface area contributed by atoms with E-state index in [0.29, 0.717) is 0 Å². The van der Waals surface area contributed by atoms with Gasteiger partial charge in [-0.1, -0.05) is 0 Å². The molecule has 0 amide bonds. The van der Waals surface area contributed by atoms with Gasteiger partial charge in [-0.3, -0.25) is 4.57 Å². The molecule has 50 valence electrons. The van der Waals surface area contributed by atoms with Gasteiger partial charge in [0.15, 0.2) is 0 Å². The Morgan fingerprint density at radius 2 is 1.25 bits per heavy atom. The van der Waals surface area contributed by atoms with Gasteiger partial charge in [0.05, 0.1) is 8.69 Å². The number of rotatable bonds is 0. The van der Waals surface area contributed by atoms with Gasteiger partial charge in [-0.25, -0.2) is 0 Å². The first-order valence-corrected chi connectivity index (χ1v) is 4.05. The summed E-state index contributed by atoms with van der Waals surface area (Å²) in [4.78, 5) is 8.35. The quantitative estimate of drug-likeness (QED) is 0.441. The molecule has 0 atom stereocenters. The molecule has 0 aromatic heterocycles. The minimum atomic E-state index is -4.11. The van der Waals surface area contributed by atoms with E-state index in [2.05, 4.69) is 0 Å². The van der Waals surface area contributed by atoms with Crippen LogP contribution < -0.4 is 11.0 Å². The molecule has 0 rings (SSSR count). The molecule has 0 radical (unpaired) electrons. The second kappa shape index (κ2) is 15.7. The summed E-state index contributed by atoms with van der Waals surface area (Å²) in [6, 6.07) is 0. The molecule has 8 heteroatoms. The molecule has 0 saturated carbocycles. The van der Waals surface area contributed by atoms with Gasteiger partial charge in [-0.2, -0.15) is 0 Å². The fourth-order valence-electron chi connectivity index (χ4n) is 0. The van der Waals surface area contributed by atoms with E-state index < -0.39 is 25.9 Å². The first-order valence-electron chi connectivity index (χ1n) is 0.865. The topological polar surface area (TPSA) is 128 Å². The molecule has 8 heavy (non-hydrogen) atoms. The van der Waals surface area contributed by atoms with E-state index in [1.807, 2.05) is 0 Å². The van der Waals surface area contributed by atoms with Gasteiger partial charge >= 0.3 is 27.4 Å². The Morgan fingerprint density at radius 1 is 1.25 bits per heavy atom. The van der Waals surface area contributed by atoms with Crippen LogP contribution >= 0.6 is 8.69 Å². The van der Waals surface area contributed by atoms with Crippen LogP contribution in [0.2, 0.25) is 0 Å². The fourth-order valence-corrected chi connectivity index (χ4v) is 0. The van der Waals surface area contributed by atoms with Crippen molar-refractivity contribution in [3.8, 4) is 0 Å². The molecule has 0 saturated heterocycles. The van der Waals surface area contributed by atoms with E-state index >= 15 is 0 Å². The van der Waals surface area contributed by atoms with Crippen LogP contribution in [-0.4, -0.2) is 0 Å². The molecule has 0 heterocycles. The van der Waals surface area contributed by atoms with Crippen LogP contribution in [0.5, 0.6) is 0 Å². The maximum absolute atomic E-state index is 8.59. The van der Waals surface area contributed by atoms with Crippen LogP contribution in [-0.2, 0) is 32.0 Å². The van der Waals surface area contributed by atoms with Gasteiger partial charge in [-0.15, -0.1) is 0 Å². The normalized spacial score (nSPS) is 5.62. The number of quaternary nitrogens is 1. The van der Waals surface area contributed by atoms with Crippen molar-refractivity contribution >= 4 is 8.69 Å². The van der Waals surface area contributed by atoms with Crippen molar-refractivity contribution < 1.29 is 36.9 Å². The Kier molecular flexibility index (Phi) is 30.8. The predicted molar refractivity (Wildman–Crippen MR) is 15.7 cm³/mol. The monoisotopic (exact) mass is 227 g/mol. The van der Waals surface area contributed by atoms with Crippen LogP contribution in [0.15, 0.2) is 0 Å². The van der Waals surface area contributed by atoms with Crippen LogP contribution in [0.3, 0.4) is 0 Å². The summed E-state index contributed by atoms with van der Waals surface area (Å²) in [5.74, 6) is 0. The van der Waals surface area contributed by atoms with Crippen LogP contribution in [0.25, 0.3) is 0 Å². The SMILES string of the molecule is O=P[O-].[NH4+].[O]=[Mo](=[O])=[O]. The Labute approximate surface area is 52.2 Å². The average molecular weight is 225 g/mol. The van der Waals surface area contributed by atoms with E-state index in [-0.39, 0.29) is 6.15 Å². The van der Waals surface area contributed by atoms with Crippen molar-refractivity contribution in [2.45, 2.75) is 0 Å². The molecular formula is H4MoNO5P. The van der Waals surface area contributed by atoms with E-state index in [4.69, 9.17) is 19.7 Å². The average Bonchev–Trinajstić information content (AvgIpc) is 1.33. The molecule has 0 bridgehead atoms. The van der Waals surface area contributed by atoms with Crippen molar-refractivity contribution in [3.05, 3.63) is 0 Å². The fraction of sp³-hybridized carbons (Fsp3) is 0. The summed E-state index contributed by atoms with van der Waals surface area (Å²) < 4.78 is 34.1. The van der Waals surface area contributed by atoms with Crippen LogP contribution in [0.1, 0.15) is 0 Å². The van der Waals surface area contributed by atoms with Gasteiger partial charge in [0.1, 0.15) is 0 Å².